The standard InChI is InChI=1S/C16H31N7.HI/c1-4-15-21-20-13-23(15)10-7-18-16(17-3)19-11-14(2)12-22-8-5-6-9-22;/h13-14H,4-12H2,1-3H3,(H2,17,18,19);1H. The van der Waals surface area contributed by atoms with E-state index in [-0.39, 0.29) is 24.0 Å². The van der Waals surface area contributed by atoms with Crippen molar-refractivity contribution in [2.45, 2.75) is 39.7 Å². The smallest absolute Gasteiger partial charge is 0.191 e. The summed E-state index contributed by atoms with van der Waals surface area (Å²) in [4.78, 5) is 6.85. The van der Waals surface area contributed by atoms with Gasteiger partial charge in [-0.05, 0) is 31.8 Å². The maximum Gasteiger partial charge on any atom is 0.191 e. The number of aryl methyl sites for hydroxylation is 1. The molecule has 2 N–H and O–H groups in total. The van der Waals surface area contributed by atoms with Crippen molar-refractivity contribution in [3.05, 3.63) is 12.2 Å². The number of nitrogens with one attached hydrogen (secondary N) is 2. The molecule has 138 valence electrons. The molecule has 1 fully saturated rings. The molecule has 1 unspecified atom stereocenters. The molecule has 0 radical (unpaired) electrons. The lowest BCUT2D eigenvalue weighted by molar-refractivity contribution is 0.287. The van der Waals surface area contributed by atoms with Crippen molar-refractivity contribution < 1.29 is 0 Å². The third-order valence-electron chi connectivity index (χ3n) is 4.27. The molecule has 0 bridgehead atoms. The van der Waals surface area contributed by atoms with Crippen molar-refractivity contribution in [1.82, 2.24) is 30.3 Å². The molecule has 7 nitrogen and oxygen atoms in total. The van der Waals surface area contributed by atoms with Crippen LogP contribution in [0.15, 0.2) is 11.3 Å². The highest BCUT2D eigenvalue weighted by Gasteiger charge is 2.14. The molecule has 1 atom stereocenters. The molecule has 2 heterocycles. The van der Waals surface area contributed by atoms with Crippen molar-refractivity contribution in [2.24, 2.45) is 10.9 Å². The zero-order valence-electron chi connectivity index (χ0n) is 15.2. The van der Waals surface area contributed by atoms with Gasteiger partial charge in [-0.25, -0.2) is 0 Å². The number of aromatic nitrogens is 3. The first kappa shape index (κ1) is 21.1. The molecule has 0 aromatic carbocycles. The molecule has 0 saturated carbocycles. The second-order valence-electron chi connectivity index (χ2n) is 6.29. The number of hydrogen-bond acceptors (Lipinski definition) is 4. The predicted octanol–water partition coefficient (Wildman–Crippen LogP) is 1.36. The van der Waals surface area contributed by atoms with E-state index in [0.717, 1.165) is 37.8 Å². The summed E-state index contributed by atoms with van der Waals surface area (Å²) < 4.78 is 2.08. The van der Waals surface area contributed by atoms with Gasteiger partial charge in [0.25, 0.3) is 0 Å². The Balaban J connectivity index is 0.00000288. The topological polar surface area (TPSA) is 70.4 Å². The fourth-order valence-corrected chi connectivity index (χ4v) is 3.00. The monoisotopic (exact) mass is 449 g/mol. The van der Waals surface area contributed by atoms with Gasteiger partial charge in [0.05, 0.1) is 0 Å². The van der Waals surface area contributed by atoms with Gasteiger partial charge in [0.2, 0.25) is 0 Å². The minimum absolute atomic E-state index is 0. The second-order valence-corrected chi connectivity index (χ2v) is 6.29. The minimum atomic E-state index is 0. The van der Waals surface area contributed by atoms with Crippen LogP contribution in [0.25, 0.3) is 0 Å². The zero-order valence-corrected chi connectivity index (χ0v) is 17.5. The first-order valence-electron chi connectivity index (χ1n) is 8.76. The van der Waals surface area contributed by atoms with Crippen LogP contribution in [0.2, 0.25) is 0 Å². The van der Waals surface area contributed by atoms with Gasteiger partial charge in [0.15, 0.2) is 5.96 Å². The Hall–Kier alpha value is -0.900. The number of halogens is 1. The average Bonchev–Trinajstić information content (AvgIpc) is 3.21. The third kappa shape index (κ3) is 6.92. The summed E-state index contributed by atoms with van der Waals surface area (Å²) in [7, 11) is 1.82. The Morgan fingerprint density at radius 1 is 1.33 bits per heavy atom. The summed E-state index contributed by atoms with van der Waals surface area (Å²) in [5.41, 5.74) is 0. The summed E-state index contributed by atoms with van der Waals surface area (Å²) in [6.07, 6.45) is 5.40. The van der Waals surface area contributed by atoms with Crippen LogP contribution in [-0.2, 0) is 13.0 Å². The Kier molecular flexibility index (Phi) is 10.2. The van der Waals surface area contributed by atoms with Crippen LogP contribution < -0.4 is 10.6 Å². The maximum atomic E-state index is 4.29. The summed E-state index contributed by atoms with van der Waals surface area (Å²) in [5.74, 6) is 2.51. The molecule has 8 heteroatoms. The van der Waals surface area contributed by atoms with E-state index in [1.165, 1.54) is 32.5 Å². The fraction of sp³-hybridized carbons (Fsp3) is 0.812. The van der Waals surface area contributed by atoms with Gasteiger partial charge in [-0.15, -0.1) is 34.2 Å². The third-order valence-corrected chi connectivity index (χ3v) is 4.27. The largest absolute Gasteiger partial charge is 0.356 e. The van der Waals surface area contributed by atoms with E-state index >= 15 is 0 Å². The molecule has 0 amide bonds. The van der Waals surface area contributed by atoms with Gasteiger partial charge in [-0.3, -0.25) is 4.99 Å². The predicted molar refractivity (Wildman–Crippen MR) is 109 cm³/mol. The van der Waals surface area contributed by atoms with E-state index in [1.807, 2.05) is 7.05 Å². The van der Waals surface area contributed by atoms with Crippen molar-refractivity contribution in [3.63, 3.8) is 0 Å². The normalized spacial score (nSPS) is 16.7. The Morgan fingerprint density at radius 3 is 2.75 bits per heavy atom. The van der Waals surface area contributed by atoms with E-state index in [9.17, 15) is 0 Å². The number of guanidine groups is 1. The molecule has 2 rings (SSSR count). The lowest BCUT2D eigenvalue weighted by Gasteiger charge is -2.21. The number of nitrogens with zero attached hydrogens (tertiary/aromatic N) is 5. The SMILES string of the molecule is CCc1nncn1CCNC(=NC)NCC(C)CN1CCCC1.I. The molecular formula is C16H32IN7. The first-order chi connectivity index (χ1) is 11.2. The molecule has 0 spiro atoms. The molecule has 1 aliphatic heterocycles. The van der Waals surface area contributed by atoms with Crippen LogP contribution in [0.4, 0.5) is 0 Å². The molecule has 1 saturated heterocycles. The number of hydrogen-bond donors (Lipinski definition) is 2. The molecule has 0 aliphatic carbocycles. The lowest BCUT2D eigenvalue weighted by Crippen LogP contribution is -2.42. The fourth-order valence-electron chi connectivity index (χ4n) is 3.00. The highest BCUT2D eigenvalue weighted by molar-refractivity contribution is 14.0. The van der Waals surface area contributed by atoms with Gasteiger partial charge in [-0.1, -0.05) is 13.8 Å². The van der Waals surface area contributed by atoms with Crippen molar-refractivity contribution in [3.8, 4) is 0 Å². The van der Waals surface area contributed by atoms with E-state index in [1.54, 1.807) is 6.33 Å². The Morgan fingerprint density at radius 2 is 2.08 bits per heavy atom. The van der Waals surface area contributed by atoms with Crippen molar-refractivity contribution in [1.29, 1.82) is 0 Å². The summed E-state index contributed by atoms with van der Waals surface area (Å²) >= 11 is 0. The van der Waals surface area contributed by atoms with Crippen LogP contribution >= 0.6 is 24.0 Å². The van der Waals surface area contributed by atoms with E-state index in [2.05, 4.69) is 49.1 Å². The zero-order chi connectivity index (χ0) is 16.5. The summed E-state index contributed by atoms with van der Waals surface area (Å²) in [5, 5.41) is 14.8. The first-order valence-corrected chi connectivity index (χ1v) is 8.76. The highest BCUT2D eigenvalue weighted by atomic mass is 127. The average molecular weight is 449 g/mol. The van der Waals surface area contributed by atoms with Crippen LogP contribution in [0.5, 0.6) is 0 Å². The second kappa shape index (κ2) is 11.6. The Bertz CT molecular complexity index is 483. The maximum absolute atomic E-state index is 4.29. The minimum Gasteiger partial charge on any atom is -0.356 e. The molecule has 1 aromatic rings. The Labute approximate surface area is 162 Å². The lowest BCUT2D eigenvalue weighted by atomic mass is 10.1. The van der Waals surface area contributed by atoms with Gasteiger partial charge in [-0.2, -0.15) is 0 Å². The molecule has 1 aliphatic rings. The molecular weight excluding hydrogens is 417 g/mol. The van der Waals surface area contributed by atoms with Crippen LogP contribution in [0.1, 0.15) is 32.5 Å². The van der Waals surface area contributed by atoms with Gasteiger partial charge in [0.1, 0.15) is 12.2 Å². The van der Waals surface area contributed by atoms with Gasteiger partial charge >= 0.3 is 0 Å². The van der Waals surface area contributed by atoms with E-state index < -0.39 is 0 Å². The summed E-state index contributed by atoms with van der Waals surface area (Å²) in [6, 6.07) is 0. The van der Waals surface area contributed by atoms with Crippen molar-refractivity contribution >= 4 is 29.9 Å². The van der Waals surface area contributed by atoms with E-state index in [0.29, 0.717) is 5.92 Å². The summed E-state index contributed by atoms with van der Waals surface area (Å²) in [6.45, 7) is 10.7. The van der Waals surface area contributed by atoms with Gasteiger partial charge in [0, 0.05) is 39.6 Å². The molecule has 1 aromatic heterocycles. The van der Waals surface area contributed by atoms with Crippen molar-refractivity contribution in [2.75, 3.05) is 39.8 Å². The van der Waals surface area contributed by atoms with Crippen LogP contribution in [-0.4, -0.2) is 65.4 Å². The van der Waals surface area contributed by atoms with Crippen LogP contribution in [0, 0.1) is 5.92 Å². The highest BCUT2D eigenvalue weighted by Crippen LogP contribution is 2.09. The van der Waals surface area contributed by atoms with Crippen LogP contribution in [0.3, 0.4) is 0 Å². The number of likely N-dealkylation sites (tertiary alicyclic amines) is 1. The van der Waals surface area contributed by atoms with E-state index in [4.69, 9.17) is 0 Å². The van der Waals surface area contributed by atoms with Gasteiger partial charge < -0.3 is 20.1 Å². The number of aliphatic imine (C=N–C) groups is 1. The molecule has 24 heavy (non-hydrogen) atoms. The number of rotatable bonds is 8. The quantitative estimate of drug-likeness (QED) is 0.356.